The van der Waals surface area contributed by atoms with Crippen LogP contribution < -0.4 is 5.32 Å². The van der Waals surface area contributed by atoms with Crippen LogP contribution in [0.3, 0.4) is 0 Å². The van der Waals surface area contributed by atoms with Crippen molar-refractivity contribution in [3.8, 4) is 5.69 Å². The molecule has 34 heavy (non-hydrogen) atoms. The van der Waals surface area contributed by atoms with E-state index in [1.807, 2.05) is 13.0 Å². The van der Waals surface area contributed by atoms with Gasteiger partial charge in [0.15, 0.2) is 0 Å². The van der Waals surface area contributed by atoms with Crippen molar-refractivity contribution < 1.29 is 9.59 Å². The molecule has 1 N–H and O–H groups in total. The van der Waals surface area contributed by atoms with E-state index in [2.05, 4.69) is 54.1 Å². The summed E-state index contributed by atoms with van der Waals surface area (Å²) in [7, 11) is 0. The van der Waals surface area contributed by atoms with E-state index in [9.17, 15) is 9.59 Å². The second-order valence-corrected chi connectivity index (χ2v) is 11.4. The molecule has 0 spiro atoms. The first kappa shape index (κ1) is 21.7. The number of imide groups is 1. The number of amides is 3. The van der Waals surface area contributed by atoms with Crippen molar-refractivity contribution in [2.24, 2.45) is 17.8 Å². The smallest absolute Gasteiger partial charge is 0.318 e. The third kappa shape index (κ3) is 3.35. The van der Waals surface area contributed by atoms with Gasteiger partial charge in [-0.3, -0.25) is 9.69 Å². The summed E-state index contributed by atoms with van der Waals surface area (Å²) in [6.45, 7) is 6.58. The zero-order valence-corrected chi connectivity index (χ0v) is 20.6. The van der Waals surface area contributed by atoms with Crippen LogP contribution >= 0.6 is 0 Å². The van der Waals surface area contributed by atoms with E-state index in [0.29, 0.717) is 17.7 Å². The fraction of sp³-hybridized carbons (Fsp3) is 0.517. The first-order valence-corrected chi connectivity index (χ1v) is 13.0. The van der Waals surface area contributed by atoms with Crippen LogP contribution in [0.25, 0.3) is 11.8 Å². The van der Waals surface area contributed by atoms with Gasteiger partial charge in [0, 0.05) is 23.6 Å². The summed E-state index contributed by atoms with van der Waals surface area (Å²) >= 11 is 0. The normalized spacial score (nSPS) is 31.1. The van der Waals surface area contributed by atoms with E-state index in [4.69, 9.17) is 0 Å². The maximum absolute atomic E-state index is 12.7. The van der Waals surface area contributed by atoms with Gasteiger partial charge >= 0.3 is 6.03 Å². The highest BCUT2D eigenvalue weighted by Crippen LogP contribution is 2.60. The van der Waals surface area contributed by atoms with Crippen LogP contribution in [0.1, 0.15) is 74.4 Å². The van der Waals surface area contributed by atoms with Crippen molar-refractivity contribution in [1.29, 1.82) is 0 Å². The second kappa shape index (κ2) is 7.86. The van der Waals surface area contributed by atoms with Gasteiger partial charge in [-0.25, -0.2) is 4.79 Å². The fourth-order valence-electron chi connectivity index (χ4n) is 7.91. The number of aromatic nitrogens is 1. The van der Waals surface area contributed by atoms with Crippen molar-refractivity contribution in [2.45, 2.75) is 71.1 Å². The highest BCUT2D eigenvalue weighted by molar-refractivity contribution is 6.14. The summed E-state index contributed by atoms with van der Waals surface area (Å²) in [5, 5.41) is 2.74. The average molecular weight is 458 g/mol. The number of nitrogens with one attached hydrogen (secondary N) is 1. The lowest BCUT2D eigenvalue weighted by Crippen LogP contribution is -2.48. The van der Waals surface area contributed by atoms with Crippen LogP contribution in [0.5, 0.6) is 0 Å². The number of hydrogen-bond acceptors (Lipinski definition) is 2. The minimum atomic E-state index is -0.327. The predicted molar refractivity (Wildman–Crippen MR) is 134 cm³/mol. The number of benzene rings is 1. The summed E-state index contributed by atoms with van der Waals surface area (Å²) in [4.78, 5) is 26.1. The molecule has 0 radical (unpaired) electrons. The lowest BCUT2D eigenvalue weighted by atomic mass is 9.48. The minimum Gasteiger partial charge on any atom is -0.318 e. The van der Waals surface area contributed by atoms with Crippen molar-refractivity contribution in [3.05, 3.63) is 58.5 Å². The Labute approximate surface area is 202 Å². The molecule has 5 heteroatoms. The van der Waals surface area contributed by atoms with E-state index < -0.39 is 0 Å². The van der Waals surface area contributed by atoms with E-state index in [0.717, 1.165) is 46.8 Å². The summed E-state index contributed by atoms with van der Waals surface area (Å²) in [6, 6.07) is 11.1. The number of nitrogens with zero attached hydrogens (tertiary/aromatic N) is 2. The Kier molecular flexibility index (Phi) is 5.02. The first-order chi connectivity index (χ1) is 16.4. The highest BCUT2D eigenvalue weighted by Gasteiger charge is 2.51. The van der Waals surface area contributed by atoms with Crippen molar-refractivity contribution in [1.82, 2.24) is 14.8 Å². The van der Waals surface area contributed by atoms with Gasteiger partial charge in [0.25, 0.3) is 5.91 Å². The molecule has 1 saturated heterocycles. The lowest BCUT2D eigenvalue weighted by molar-refractivity contribution is -0.122. The monoisotopic (exact) mass is 457 g/mol. The molecule has 2 heterocycles. The van der Waals surface area contributed by atoms with E-state index in [1.54, 1.807) is 0 Å². The number of aryl methyl sites for hydroxylation is 1. The van der Waals surface area contributed by atoms with E-state index in [1.165, 1.54) is 49.0 Å². The van der Waals surface area contributed by atoms with Crippen LogP contribution in [0.2, 0.25) is 0 Å². The molecule has 4 bridgehead atoms. The molecule has 5 aliphatic rings. The molecule has 7 rings (SSSR count). The summed E-state index contributed by atoms with van der Waals surface area (Å²) in [5.74, 6) is 2.60. The third-order valence-electron chi connectivity index (χ3n) is 8.96. The van der Waals surface area contributed by atoms with Crippen LogP contribution in [0, 0.1) is 31.6 Å². The molecule has 0 atom stereocenters. The van der Waals surface area contributed by atoms with Gasteiger partial charge in [-0.05, 0) is 117 Å². The molecule has 5 fully saturated rings. The second-order valence-electron chi connectivity index (χ2n) is 11.4. The lowest BCUT2D eigenvalue weighted by Gasteiger charge is -2.57. The molecule has 5 nitrogen and oxygen atoms in total. The van der Waals surface area contributed by atoms with E-state index >= 15 is 0 Å². The Hall–Kier alpha value is -2.82. The molecule has 1 aromatic heterocycles. The zero-order valence-electron chi connectivity index (χ0n) is 20.6. The van der Waals surface area contributed by atoms with Gasteiger partial charge < -0.3 is 9.88 Å². The first-order valence-electron chi connectivity index (χ1n) is 13.0. The maximum atomic E-state index is 12.7. The van der Waals surface area contributed by atoms with Crippen LogP contribution in [-0.2, 0) is 10.2 Å². The number of carbonyl (C=O) groups excluding carboxylic acids is 2. The largest absolute Gasteiger partial charge is 0.329 e. The summed E-state index contributed by atoms with van der Waals surface area (Å²) in [6.07, 6.45) is 11.1. The number of rotatable bonds is 5. The molecular weight excluding hydrogens is 422 g/mol. The minimum absolute atomic E-state index is 0.239. The topological polar surface area (TPSA) is 54.3 Å². The summed E-state index contributed by atoms with van der Waals surface area (Å²) < 4.78 is 2.25. The van der Waals surface area contributed by atoms with Crippen molar-refractivity contribution >= 4 is 18.0 Å². The molecular formula is C29H35N3O2. The van der Waals surface area contributed by atoms with Gasteiger partial charge in [0.05, 0.1) is 0 Å². The standard InChI is InChI=1S/C29H35N3O2/c1-4-9-31-27(33)26(30-28(31)34)14-23-10-18(2)32(19(23)3)25-7-5-24(6-8-25)29-15-20-11-21(16-29)13-22(12-20)17-29/h5-8,10,14,20-22H,4,9,11-13,15-17H2,1-3H3,(H,30,34)/b26-14+. The highest BCUT2D eigenvalue weighted by atomic mass is 16.2. The maximum Gasteiger partial charge on any atom is 0.329 e. The zero-order chi connectivity index (χ0) is 23.6. The molecule has 0 unspecified atom stereocenters. The number of urea groups is 1. The fourth-order valence-corrected chi connectivity index (χ4v) is 7.91. The van der Waals surface area contributed by atoms with Crippen LogP contribution in [-0.4, -0.2) is 28.0 Å². The summed E-state index contributed by atoms with van der Waals surface area (Å²) in [5.41, 5.74) is 6.62. The predicted octanol–water partition coefficient (Wildman–Crippen LogP) is 5.86. The van der Waals surface area contributed by atoms with Gasteiger partial charge in [-0.2, -0.15) is 0 Å². The molecule has 1 aliphatic heterocycles. The molecule has 4 saturated carbocycles. The molecule has 2 aromatic rings. The van der Waals surface area contributed by atoms with E-state index in [-0.39, 0.29) is 11.9 Å². The molecule has 1 aromatic carbocycles. The molecule has 178 valence electrons. The van der Waals surface area contributed by atoms with Crippen LogP contribution in [0.4, 0.5) is 4.79 Å². The van der Waals surface area contributed by atoms with Crippen molar-refractivity contribution in [2.75, 3.05) is 6.54 Å². The quantitative estimate of drug-likeness (QED) is 0.451. The van der Waals surface area contributed by atoms with Gasteiger partial charge in [0.2, 0.25) is 0 Å². The average Bonchev–Trinajstić information content (AvgIpc) is 3.22. The van der Waals surface area contributed by atoms with Crippen molar-refractivity contribution in [3.63, 3.8) is 0 Å². The Bertz CT molecular complexity index is 1150. The Balaban J connectivity index is 1.28. The number of hydrogen-bond donors (Lipinski definition) is 1. The Morgan fingerprint density at radius 1 is 1.00 bits per heavy atom. The number of carbonyl (C=O) groups is 2. The Morgan fingerprint density at radius 3 is 2.21 bits per heavy atom. The Morgan fingerprint density at radius 2 is 1.62 bits per heavy atom. The molecule has 3 amide bonds. The van der Waals surface area contributed by atoms with Gasteiger partial charge in [-0.15, -0.1) is 0 Å². The SMILES string of the molecule is CCCN1C(=O)N/C(=C/c2cc(C)n(-c3ccc(C45CC6CC(CC(C6)C4)C5)cc3)c2C)C1=O. The molecule has 4 aliphatic carbocycles. The third-order valence-corrected chi connectivity index (χ3v) is 8.96. The van der Waals surface area contributed by atoms with Crippen LogP contribution in [0.15, 0.2) is 36.0 Å². The van der Waals surface area contributed by atoms with Gasteiger partial charge in [-0.1, -0.05) is 19.1 Å². The van der Waals surface area contributed by atoms with Gasteiger partial charge in [0.1, 0.15) is 5.70 Å².